The van der Waals surface area contributed by atoms with Crippen molar-refractivity contribution < 1.29 is 14.1 Å². The molecule has 25 heavy (non-hydrogen) atoms. The minimum absolute atomic E-state index is 0.00207. The summed E-state index contributed by atoms with van der Waals surface area (Å²) >= 11 is 0. The van der Waals surface area contributed by atoms with Crippen LogP contribution in [0.5, 0.6) is 0 Å². The van der Waals surface area contributed by atoms with Crippen molar-refractivity contribution in [1.29, 1.82) is 0 Å². The molecule has 0 bridgehead atoms. The molecule has 0 saturated heterocycles. The number of urea groups is 1. The maximum atomic E-state index is 12.0. The van der Waals surface area contributed by atoms with Crippen LogP contribution in [0.4, 0.5) is 4.79 Å². The molecule has 1 fully saturated rings. The zero-order valence-electron chi connectivity index (χ0n) is 15.5. The number of carbonyl (C=O) groups is 2. The minimum atomic E-state index is -0.430. The topological polar surface area (TPSA) is 109 Å². The van der Waals surface area contributed by atoms with Crippen LogP contribution in [-0.4, -0.2) is 34.7 Å². The van der Waals surface area contributed by atoms with Gasteiger partial charge >= 0.3 is 6.03 Å². The predicted molar refractivity (Wildman–Crippen MR) is 92.7 cm³/mol. The number of rotatable bonds is 6. The van der Waals surface area contributed by atoms with Gasteiger partial charge in [0.15, 0.2) is 5.82 Å². The van der Waals surface area contributed by atoms with Gasteiger partial charge in [0.1, 0.15) is 0 Å². The molecule has 1 aliphatic rings. The summed E-state index contributed by atoms with van der Waals surface area (Å²) in [4.78, 5) is 28.3. The van der Waals surface area contributed by atoms with E-state index in [-0.39, 0.29) is 30.5 Å². The summed E-state index contributed by atoms with van der Waals surface area (Å²) in [5.41, 5.74) is 0. The fourth-order valence-electron chi connectivity index (χ4n) is 3.16. The highest BCUT2D eigenvalue weighted by atomic mass is 16.5. The third-order valence-corrected chi connectivity index (χ3v) is 4.64. The van der Waals surface area contributed by atoms with Gasteiger partial charge in [-0.15, -0.1) is 0 Å². The van der Waals surface area contributed by atoms with Crippen molar-refractivity contribution in [2.75, 3.05) is 6.54 Å². The van der Waals surface area contributed by atoms with Crippen LogP contribution in [0.1, 0.15) is 64.2 Å². The Bertz CT molecular complexity index is 587. The summed E-state index contributed by atoms with van der Waals surface area (Å²) in [6, 6.07) is -0.534. The van der Waals surface area contributed by atoms with E-state index in [4.69, 9.17) is 4.52 Å². The summed E-state index contributed by atoms with van der Waals surface area (Å²) in [5, 5.41) is 12.1. The minimum Gasteiger partial charge on any atom is -0.338 e. The van der Waals surface area contributed by atoms with Crippen LogP contribution in [0, 0.1) is 18.8 Å². The fraction of sp³-hybridized carbons (Fsp3) is 0.765. The van der Waals surface area contributed by atoms with E-state index in [0.29, 0.717) is 17.6 Å². The highest BCUT2D eigenvalue weighted by molar-refractivity contribution is 5.95. The fourth-order valence-corrected chi connectivity index (χ4v) is 3.16. The third-order valence-electron chi connectivity index (χ3n) is 4.64. The quantitative estimate of drug-likeness (QED) is 0.724. The van der Waals surface area contributed by atoms with Crippen molar-refractivity contribution >= 4 is 11.9 Å². The van der Waals surface area contributed by atoms with E-state index in [1.807, 2.05) is 13.8 Å². The molecule has 0 spiro atoms. The number of hydrogen-bond donors (Lipinski definition) is 3. The number of nitrogens with zero attached hydrogens (tertiary/aromatic N) is 2. The molecule has 1 saturated carbocycles. The van der Waals surface area contributed by atoms with Gasteiger partial charge < -0.3 is 9.84 Å². The lowest BCUT2D eigenvalue weighted by atomic mass is 9.86. The Kier molecular flexibility index (Phi) is 6.92. The molecule has 3 N–H and O–H groups in total. The molecule has 0 radical (unpaired) electrons. The Hall–Kier alpha value is -1.96. The first-order valence-corrected chi connectivity index (χ1v) is 9.00. The summed E-state index contributed by atoms with van der Waals surface area (Å²) < 4.78 is 5.18. The van der Waals surface area contributed by atoms with E-state index in [1.165, 1.54) is 6.42 Å². The molecule has 0 unspecified atom stereocenters. The molecule has 3 amide bonds. The lowest BCUT2D eigenvalue weighted by Gasteiger charge is -2.29. The van der Waals surface area contributed by atoms with Crippen molar-refractivity contribution in [3.8, 4) is 0 Å². The molecule has 8 heteroatoms. The van der Waals surface area contributed by atoms with Gasteiger partial charge in [-0.3, -0.25) is 15.4 Å². The number of hydrogen-bond acceptors (Lipinski definition) is 6. The van der Waals surface area contributed by atoms with Crippen molar-refractivity contribution in [2.24, 2.45) is 11.8 Å². The standard InChI is InChI=1S/C17H29N5O3/c1-10(2)15(16-19-12(4)22-25-16)18-9-14(23)21-17(24)20-13-8-6-5-7-11(13)3/h10-11,13,15,18H,5-9H2,1-4H3,(H2,20,21,23,24)/t11-,13+,15+/m0/s1. The second-order valence-electron chi connectivity index (χ2n) is 7.17. The van der Waals surface area contributed by atoms with Gasteiger partial charge in [0, 0.05) is 6.04 Å². The van der Waals surface area contributed by atoms with Crippen molar-refractivity contribution in [1.82, 2.24) is 26.1 Å². The van der Waals surface area contributed by atoms with Crippen molar-refractivity contribution in [3.63, 3.8) is 0 Å². The van der Waals surface area contributed by atoms with E-state index in [0.717, 1.165) is 19.3 Å². The smallest absolute Gasteiger partial charge is 0.321 e. The number of aromatic nitrogens is 2. The van der Waals surface area contributed by atoms with Gasteiger partial charge in [-0.1, -0.05) is 38.8 Å². The van der Waals surface area contributed by atoms with Crippen molar-refractivity contribution in [2.45, 2.75) is 65.5 Å². The molecule has 1 aromatic rings. The van der Waals surface area contributed by atoms with E-state index in [1.54, 1.807) is 6.92 Å². The molecule has 0 aliphatic heterocycles. The molecule has 0 aromatic carbocycles. The summed E-state index contributed by atoms with van der Waals surface area (Å²) in [7, 11) is 0. The first kappa shape index (κ1) is 19.4. The molecule has 1 aromatic heterocycles. The van der Waals surface area contributed by atoms with Crippen LogP contribution >= 0.6 is 0 Å². The Morgan fingerprint density at radius 1 is 1.28 bits per heavy atom. The SMILES string of the molecule is Cc1noc([C@H](NCC(=O)NC(=O)N[C@@H]2CCCC[C@@H]2C)C(C)C)n1. The first-order chi connectivity index (χ1) is 11.9. The van der Waals surface area contributed by atoms with Gasteiger partial charge in [0.25, 0.3) is 0 Å². The highest BCUT2D eigenvalue weighted by Gasteiger charge is 2.25. The van der Waals surface area contributed by atoms with Gasteiger partial charge in [-0.25, -0.2) is 4.79 Å². The number of carbonyl (C=O) groups excluding carboxylic acids is 2. The number of amides is 3. The molecule has 8 nitrogen and oxygen atoms in total. The zero-order chi connectivity index (χ0) is 18.4. The number of nitrogens with one attached hydrogen (secondary N) is 3. The maximum absolute atomic E-state index is 12.0. The Balaban J connectivity index is 1.79. The summed E-state index contributed by atoms with van der Waals surface area (Å²) in [5.74, 6) is 1.21. The molecule has 1 heterocycles. The highest BCUT2D eigenvalue weighted by Crippen LogP contribution is 2.23. The van der Waals surface area contributed by atoms with E-state index in [2.05, 4.69) is 33.0 Å². The Labute approximate surface area is 148 Å². The van der Waals surface area contributed by atoms with Crippen LogP contribution in [0.15, 0.2) is 4.52 Å². The summed E-state index contributed by atoms with van der Waals surface area (Å²) in [6.07, 6.45) is 4.40. The third kappa shape index (κ3) is 5.81. The maximum Gasteiger partial charge on any atom is 0.321 e. The summed E-state index contributed by atoms with van der Waals surface area (Å²) in [6.45, 7) is 7.86. The second-order valence-corrected chi connectivity index (χ2v) is 7.17. The average Bonchev–Trinajstić information content (AvgIpc) is 2.95. The Morgan fingerprint density at radius 3 is 2.60 bits per heavy atom. The largest absolute Gasteiger partial charge is 0.338 e. The van der Waals surface area contributed by atoms with E-state index >= 15 is 0 Å². The average molecular weight is 351 g/mol. The normalized spacial score (nSPS) is 21.8. The lowest BCUT2D eigenvalue weighted by Crippen LogP contribution is -2.49. The molecular formula is C17H29N5O3. The van der Waals surface area contributed by atoms with Crippen LogP contribution in [-0.2, 0) is 4.79 Å². The molecule has 140 valence electrons. The van der Waals surface area contributed by atoms with Gasteiger partial charge in [0.05, 0.1) is 12.6 Å². The van der Waals surface area contributed by atoms with E-state index in [9.17, 15) is 9.59 Å². The van der Waals surface area contributed by atoms with Crippen LogP contribution in [0.2, 0.25) is 0 Å². The van der Waals surface area contributed by atoms with Gasteiger partial charge in [-0.05, 0) is 31.6 Å². The number of imide groups is 1. The Morgan fingerprint density at radius 2 is 2.00 bits per heavy atom. The van der Waals surface area contributed by atoms with Gasteiger partial charge in [-0.2, -0.15) is 4.98 Å². The predicted octanol–water partition coefficient (Wildman–Crippen LogP) is 2.07. The molecule has 1 aliphatic carbocycles. The molecule has 3 atom stereocenters. The van der Waals surface area contributed by atoms with Crippen LogP contribution < -0.4 is 16.0 Å². The second kappa shape index (κ2) is 8.94. The first-order valence-electron chi connectivity index (χ1n) is 9.00. The van der Waals surface area contributed by atoms with Gasteiger partial charge in [0.2, 0.25) is 11.8 Å². The molecule has 2 rings (SSSR count). The molecular weight excluding hydrogens is 322 g/mol. The van der Waals surface area contributed by atoms with Crippen LogP contribution in [0.3, 0.4) is 0 Å². The zero-order valence-corrected chi connectivity index (χ0v) is 15.5. The monoisotopic (exact) mass is 351 g/mol. The van der Waals surface area contributed by atoms with E-state index < -0.39 is 6.03 Å². The van der Waals surface area contributed by atoms with Crippen molar-refractivity contribution in [3.05, 3.63) is 11.7 Å². The van der Waals surface area contributed by atoms with Crippen LogP contribution in [0.25, 0.3) is 0 Å². The number of aryl methyl sites for hydroxylation is 1. The lowest BCUT2D eigenvalue weighted by molar-refractivity contribution is -0.119.